The minimum absolute atomic E-state index is 0.113. The molecule has 0 saturated heterocycles. The third-order valence-corrected chi connectivity index (χ3v) is 4.52. The van der Waals surface area contributed by atoms with Gasteiger partial charge in [-0.2, -0.15) is 0 Å². The van der Waals surface area contributed by atoms with Gasteiger partial charge in [0.05, 0.1) is 28.7 Å². The number of rotatable bonds is 4. The summed E-state index contributed by atoms with van der Waals surface area (Å²) >= 11 is 6.69. The molecule has 3 aromatic rings. The van der Waals surface area contributed by atoms with E-state index in [1.54, 1.807) is 26.4 Å². The molecule has 0 atom stereocenters. The van der Waals surface area contributed by atoms with Gasteiger partial charge in [-0.15, -0.1) is 0 Å². The Morgan fingerprint density at radius 3 is 2.29 bits per heavy atom. The average molecular weight is 454 g/mol. The van der Waals surface area contributed by atoms with Crippen LogP contribution in [-0.4, -0.2) is 19.2 Å². The first-order valence-electron chi connectivity index (χ1n) is 6.88. The van der Waals surface area contributed by atoms with Gasteiger partial charge in [0.1, 0.15) is 11.5 Å². The highest BCUT2D eigenvalue weighted by Gasteiger charge is 2.13. The summed E-state index contributed by atoms with van der Waals surface area (Å²) in [4.78, 5) is 4.38. The van der Waals surface area contributed by atoms with Gasteiger partial charge in [-0.25, -0.2) is 4.98 Å². The zero-order valence-electron chi connectivity index (χ0n) is 12.8. The van der Waals surface area contributed by atoms with Crippen LogP contribution in [0.25, 0.3) is 10.9 Å². The van der Waals surface area contributed by atoms with Crippen molar-refractivity contribution in [1.82, 2.24) is 4.98 Å². The first-order valence-corrected chi connectivity index (χ1v) is 8.47. The fourth-order valence-corrected chi connectivity index (χ4v) is 3.55. The molecule has 1 heterocycles. The average Bonchev–Trinajstić information content (AvgIpc) is 2.56. The maximum Gasteiger partial charge on any atom is 0.217 e. The highest BCUT2D eigenvalue weighted by Crippen LogP contribution is 2.41. The van der Waals surface area contributed by atoms with Gasteiger partial charge in [-0.1, -0.05) is 0 Å². The van der Waals surface area contributed by atoms with Crippen molar-refractivity contribution in [2.45, 2.75) is 0 Å². The van der Waals surface area contributed by atoms with Gasteiger partial charge in [0.15, 0.2) is 11.5 Å². The van der Waals surface area contributed by atoms with Gasteiger partial charge >= 0.3 is 0 Å². The molecule has 24 heavy (non-hydrogen) atoms. The fourth-order valence-electron chi connectivity index (χ4n) is 2.24. The van der Waals surface area contributed by atoms with Crippen LogP contribution in [0.4, 0.5) is 0 Å². The molecule has 0 aliphatic carbocycles. The van der Waals surface area contributed by atoms with Gasteiger partial charge in [-0.05, 0) is 50.1 Å². The molecule has 5 nitrogen and oxygen atoms in total. The van der Waals surface area contributed by atoms with Gasteiger partial charge in [0.25, 0.3) is 0 Å². The SMILES string of the molecule is COc1cc(OC)c2cc(Oc3c(Br)cc([O])cc3Br)ccc2n1. The highest BCUT2D eigenvalue weighted by atomic mass is 79.9. The molecule has 7 heteroatoms. The number of pyridine rings is 1. The molecule has 0 amide bonds. The lowest BCUT2D eigenvalue weighted by molar-refractivity contribution is 0.353. The molecule has 0 aliphatic heterocycles. The smallest absolute Gasteiger partial charge is 0.217 e. The molecule has 0 saturated carbocycles. The summed E-state index contributed by atoms with van der Waals surface area (Å²) in [5.74, 6) is 2.11. The van der Waals surface area contributed by atoms with Gasteiger partial charge in [-0.3, -0.25) is 5.11 Å². The number of hydrogen-bond acceptors (Lipinski definition) is 4. The van der Waals surface area contributed by atoms with Crippen LogP contribution >= 0.6 is 31.9 Å². The van der Waals surface area contributed by atoms with Gasteiger partial charge in [0, 0.05) is 23.6 Å². The van der Waals surface area contributed by atoms with Crippen molar-refractivity contribution in [1.29, 1.82) is 0 Å². The van der Waals surface area contributed by atoms with E-state index in [1.165, 1.54) is 12.1 Å². The molecule has 0 spiro atoms. The molecular formula is C17H12Br2NO4. The second-order valence-corrected chi connectivity index (χ2v) is 6.57. The van der Waals surface area contributed by atoms with Gasteiger partial charge < -0.3 is 14.2 Å². The lowest BCUT2D eigenvalue weighted by Gasteiger charge is -2.12. The van der Waals surface area contributed by atoms with Crippen LogP contribution < -0.4 is 14.2 Å². The van der Waals surface area contributed by atoms with E-state index >= 15 is 0 Å². The van der Waals surface area contributed by atoms with Crippen LogP contribution in [0.5, 0.6) is 28.9 Å². The first kappa shape index (κ1) is 16.9. The molecule has 1 aromatic heterocycles. The van der Waals surface area contributed by atoms with Crippen molar-refractivity contribution in [2.24, 2.45) is 0 Å². The second kappa shape index (κ2) is 6.86. The standard InChI is InChI=1S/C17H12Br2NO4/c1-22-15-8-16(23-2)20-14-4-3-10(7-11(14)15)24-17-12(18)5-9(21)6-13(17)19/h3-8H,1-2H3. The van der Waals surface area contributed by atoms with Crippen molar-refractivity contribution in [3.63, 3.8) is 0 Å². The summed E-state index contributed by atoms with van der Waals surface area (Å²) in [5, 5.41) is 12.3. The summed E-state index contributed by atoms with van der Waals surface area (Å²) in [6, 6.07) is 10.1. The molecule has 0 unspecified atom stereocenters. The number of methoxy groups -OCH3 is 2. The van der Waals surface area contributed by atoms with E-state index in [0.29, 0.717) is 32.1 Å². The van der Waals surface area contributed by atoms with Gasteiger partial charge in [0.2, 0.25) is 5.88 Å². The maximum atomic E-state index is 11.5. The summed E-state index contributed by atoms with van der Waals surface area (Å²) in [6.45, 7) is 0. The zero-order chi connectivity index (χ0) is 17.3. The maximum absolute atomic E-state index is 11.5. The fraction of sp³-hybridized carbons (Fsp3) is 0.118. The normalized spacial score (nSPS) is 10.7. The van der Waals surface area contributed by atoms with Crippen molar-refractivity contribution in [3.05, 3.63) is 45.3 Å². The molecular weight excluding hydrogens is 442 g/mol. The molecule has 0 fully saturated rings. The predicted octanol–water partition coefficient (Wildman–Crippen LogP) is 5.71. The van der Waals surface area contributed by atoms with E-state index in [0.717, 1.165) is 10.9 Å². The number of ether oxygens (including phenoxy) is 3. The quantitative estimate of drug-likeness (QED) is 0.507. The molecule has 0 aliphatic rings. The topological polar surface area (TPSA) is 60.5 Å². The molecule has 3 rings (SSSR count). The zero-order valence-corrected chi connectivity index (χ0v) is 16.0. The van der Waals surface area contributed by atoms with E-state index in [9.17, 15) is 5.11 Å². The van der Waals surface area contributed by atoms with Crippen LogP contribution in [0.15, 0.2) is 45.3 Å². The largest absolute Gasteiger partial charge is 0.496 e. The summed E-state index contributed by atoms with van der Waals surface area (Å²) in [7, 11) is 3.14. The van der Waals surface area contributed by atoms with Crippen LogP contribution in [0.1, 0.15) is 0 Å². The third-order valence-electron chi connectivity index (χ3n) is 3.34. The van der Waals surface area contributed by atoms with Crippen LogP contribution in [-0.2, 0) is 5.11 Å². The summed E-state index contributed by atoms with van der Waals surface area (Å²) in [5.41, 5.74) is 0.728. The summed E-state index contributed by atoms with van der Waals surface area (Å²) in [6.07, 6.45) is 0. The number of benzene rings is 2. The molecule has 1 radical (unpaired) electrons. The minimum Gasteiger partial charge on any atom is -0.496 e. The Morgan fingerprint density at radius 1 is 0.958 bits per heavy atom. The Bertz CT molecular complexity index is 891. The molecule has 0 bridgehead atoms. The van der Waals surface area contributed by atoms with E-state index < -0.39 is 0 Å². The van der Waals surface area contributed by atoms with Crippen LogP contribution in [0.2, 0.25) is 0 Å². The highest BCUT2D eigenvalue weighted by molar-refractivity contribution is 9.11. The van der Waals surface area contributed by atoms with Crippen LogP contribution in [0.3, 0.4) is 0 Å². The molecule has 2 aromatic carbocycles. The minimum atomic E-state index is -0.113. The number of halogens is 2. The number of fused-ring (bicyclic) bond motifs is 1. The number of nitrogens with zero attached hydrogens (tertiary/aromatic N) is 1. The lowest BCUT2D eigenvalue weighted by atomic mass is 10.2. The number of aromatic nitrogens is 1. The molecule has 0 N–H and O–H groups in total. The van der Waals surface area contributed by atoms with Crippen molar-refractivity contribution in [3.8, 4) is 28.9 Å². The third kappa shape index (κ3) is 3.27. The van der Waals surface area contributed by atoms with E-state index in [1.807, 2.05) is 12.1 Å². The van der Waals surface area contributed by atoms with Crippen molar-refractivity contribution in [2.75, 3.05) is 14.2 Å². The van der Waals surface area contributed by atoms with Crippen molar-refractivity contribution >= 4 is 42.8 Å². The Labute approximate surface area is 155 Å². The first-order chi connectivity index (χ1) is 11.5. The number of hydrogen-bond donors (Lipinski definition) is 0. The summed E-state index contributed by atoms with van der Waals surface area (Å²) < 4.78 is 17.6. The van der Waals surface area contributed by atoms with Crippen molar-refractivity contribution < 1.29 is 19.3 Å². The predicted molar refractivity (Wildman–Crippen MR) is 96.9 cm³/mol. The van der Waals surface area contributed by atoms with E-state index in [2.05, 4.69) is 36.8 Å². The Hall–Kier alpha value is -1.99. The Morgan fingerprint density at radius 2 is 1.67 bits per heavy atom. The van der Waals surface area contributed by atoms with Crippen LogP contribution in [0, 0.1) is 0 Å². The molecule has 123 valence electrons. The lowest BCUT2D eigenvalue weighted by Crippen LogP contribution is -1.93. The Balaban J connectivity index is 2.05. The monoisotopic (exact) mass is 452 g/mol. The van der Waals surface area contributed by atoms with E-state index in [4.69, 9.17) is 14.2 Å². The van der Waals surface area contributed by atoms with E-state index in [-0.39, 0.29) is 5.75 Å². The second-order valence-electron chi connectivity index (χ2n) is 4.86. The Kier molecular flexibility index (Phi) is 4.82.